The third-order valence-corrected chi connectivity index (χ3v) is 5.63. The summed E-state index contributed by atoms with van der Waals surface area (Å²) in [7, 11) is 3.55. The third kappa shape index (κ3) is 5.81. The van der Waals surface area contributed by atoms with Crippen molar-refractivity contribution < 1.29 is 9.53 Å². The van der Waals surface area contributed by atoms with Gasteiger partial charge in [-0.05, 0) is 36.9 Å². The van der Waals surface area contributed by atoms with Crippen LogP contribution in [0.1, 0.15) is 11.1 Å². The average molecular weight is 448 g/mol. The van der Waals surface area contributed by atoms with Crippen molar-refractivity contribution in [2.45, 2.75) is 13.1 Å². The number of likely N-dealkylation sites (N-methyl/N-ethyl adjacent to an activating group) is 1. The number of carbonyl (C=O) groups excluding carboxylic acids is 1. The van der Waals surface area contributed by atoms with Crippen molar-refractivity contribution in [1.82, 2.24) is 19.7 Å². The second-order valence-electron chi connectivity index (χ2n) is 7.52. The van der Waals surface area contributed by atoms with Gasteiger partial charge < -0.3 is 10.1 Å². The van der Waals surface area contributed by atoms with Crippen LogP contribution in [0.4, 0.5) is 5.13 Å². The number of benzene rings is 2. The summed E-state index contributed by atoms with van der Waals surface area (Å²) in [6, 6.07) is 17.9. The second-order valence-corrected chi connectivity index (χ2v) is 8.38. The SMILES string of the molecule is COc1ccc(-c2csc(NC(=O)CN(C)Cc3cnn(Cc4ccccc4)c3)n2)cc1. The maximum absolute atomic E-state index is 12.5. The standard InChI is InChI=1S/C24H25N5O2S/c1-28(13-19-12-25-29(15-19)14-18-6-4-3-5-7-18)16-23(30)27-24-26-22(17-32-24)20-8-10-21(31-2)11-9-20/h3-12,15,17H,13-14,16H2,1-2H3,(H,26,27,30). The van der Waals surface area contributed by atoms with E-state index < -0.39 is 0 Å². The summed E-state index contributed by atoms with van der Waals surface area (Å²) < 4.78 is 7.10. The Bertz CT molecular complexity index is 1150. The molecular weight excluding hydrogens is 422 g/mol. The molecule has 0 bridgehead atoms. The summed E-state index contributed by atoms with van der Waals surface area (Å²) in [5.74, 6) is 0.700. The summed E-state index contributed by atoms with van der Waals surface area (Å²) >= 11 is 1.41. The number of methoxy groups -OCH3 is 1. The Kier molecular flexibility index (Phi) is 6.94. The van der Waals surface area contributed by atoms with Gasteiger partial charge in [0.2, 0.25) is 5.91 Å². The molecule has 4 rings (SSSR count). The number of rotatable bonds is 9. The Hall–Kier alpha value is -3.49. The van der Waals surface area contributed by atoms with E-state index >= 15 is 0 Å². The summed E-state index contributed by atoms with van der Waals surface area (Å²) in [5, 5.41) is 9.84. The lowest BCUT2D eigenvalue weighted by Crippen LogP contribution is -2.29. The maximum atomic E-state index is 12.5. The van der Waals surface area contributed by atoms with E-state index in [1.807, 2.05) is 76.9 Å². The Morgan fingerprint density at radius 1 is 1.12 bits per heavy atom. The van der Waals surface area contributed by atoms with Gasteiger partial charge in [-0.25, -0.2) is 4.98 Å². The minimum atomic E-state index is -0.0974. The number of ether oxygens (including phenoxy) is 1. The van der Waals surface area contributed by atoms with Crippen molar-refractivity contribution in [2.75, 3.05) is 26.0 Å². The third-order valence-electron chi connectivity index (χ3n) is 4.88. The minimum Gasteiger partial charge on any atom is -0.497 e. The van der Waals surface area contributed by atoms with Crippen LogP contribution in [0.3, 0.4) is 0 Å². The van der Waals surface area contributed by atoms with Crippen molar-refractivity contribution in [3.05, 3.63) is 83.5 Å². The Morgan fingerprint density at radius 3 is 2.66 bits per heavy atom. The van der Waals surface area contributed by atoms with Gasteiger partial charge in [-0.15, -0.1) is 11.3 Å². The predicted molar refractivity (Wildman–Crippen MR) is 127 cm³/mol. The van der Waals surface area contributed by atoms with Crippen molar-refractivity contribution in [2.24, 2.45) is 0 Å². The van der Waals surface area contributed by atoms with Gasteiger partial charge in [0.05, 0.1) is 32.1 Å². The lowest BCUT2D eigenvalue weighted by atomic mass is 10.2. The fourth-order valence-electron chi connectivity index (χ4n) is 3.34. The quantitative estimate of drug-likeness (QED) is 0.418. The van der Waals surface area contributed by atoms with E-state index in [4.69, 9.17) is 4.74 Å². The van der Waals surface area contributed by atoms with Gasteiger partial charge in [-0.2, -0.15) is 5.10 Å². The fourth-order valence-corrected chi connectivity index (χ4v) is 4.08. The van der Waals surface area contributed by atoms with Crippen molar-refractivity contribution in [1.29, 1.82) is 0 Å². The van der Waals surface area contributed by atoms with Gasteiger partial charge in [0, 0.05) is 29.2 Å². The zero-order valence-electron chi connectivity index (χ0n) is 18.1. The van der Waals surface area contributed by atoms with Crippen LogP contribution in [-0.2, 0) is 17.9 Å². The zero-order chi connectivity index (χ0) is 22.3. The second kappa shape index (κ2) is 10.2. The molecule has 0 radical (unpaired) electrons. The molecule has 0 spiro atoms. The number of carbonyl (C=O) groups is 1. The van der Waals surface area contributed by atoms with Crippen LogP contribution >= 0.6 is 11.3 Å². The normalized spacial score (nSPS) is 11.0. The van der Waals surface area contributed by atoms with E-state index in [1.165, 1.54) is 16.9 Å². The van der Waals surface area contributed by atoms with Gasteiger partial charge in [-0.3, -0.25) is 14.4 Å². The first-order chi connectivity index (χ1) is 15.6. The summed E-state index contributed by atoms with van der Waals surface area (Å²) in [5.41, 5.74) is 4.07. The minimum absolute atomic E-state index is 0.0974. The smallest absolute Gasteiger partial charge is 0.240 e. The highest BCUT2D eigenvalue weighted by atomic mass is 32.1. The molecule has 0 saturated heterocycles. The van der Waals surface area contributed by atoms with E-state index in [-0.39, 0.29) is 12.5 Å². The number of hydrogen-bond acceptors (Lipinski definition) is 6. The van der Waals surface area contributed by atoms with Crippen LogP contribution < -0.4 is 10.1 Å². The number of aromatic nitrogens is 3. The number of nitrogens with zero attached hydrogens (tertiary/aromatic N) is 4. The van der Waals surface area contributed by atoms with Gasteiger partial charge in [0.25, 0.3) is 0 Å². The van der Waals surface area contributed by atoms with E-state index in [2.05, 4.69) is 27.5 Å². The van der Waals surface area contributed by atoms with E-state index in [1.54, 1.807) is 7.11 Å². The Balaban J connectivity index is 1.27. The monoisotopic (exact) mass is 447 g/mol. The van der Waals surface area contributed by atoms with Crippen molar-refractivity contribution in [3.8, 4) is 17.0 Å². The van der Waals surface area contributed by atoms with Gasteiger partial charge >= 0.3 is 0 Å². The summed E-state index contributed by atoms with van der Waals surface area (Å²) in [6.45, 7) is 1.63. The van der Waals surface area contributed by atoms with Crippen LogP contribution in [0.25, 0.3) is 11.3 Å². The lowest BCUT2D eigenvalue weighted by Gasteiger charge is -2.14. The summed E-state index contributed by atoms with van der Waals surface area (Å²) in [6.07, 6.45) is 3.86. The van der Waals surface area contributed by atoms with Gasteiger partial charge in [0.15, 0.2) is 5.13 Å². The van der Waals surface area contributed by atoms with Crippen LogP contribution in [0, 0.1) is 0 Å². The molecule has 0 fully saturated rings. The number of anilines is 1. The molecule has 2 aromatic heterocycles. The topological polar surface area (TPSA) is 72.3 Å². The van der Waals surface area contributed by atoms with E-state index in [0.717, 1.165) is 29.1 Å². The highest BCUT2D eigenvalue weighted by Crippen LogP contribution is 2.26. The Morgan fingerprint density at radius 2 is 1.91 bits per heavy atom. The molecule has 0 aliphatic rings. The first kappa shape index (κ1) is 21.7. The van der Waals surface area contributed by atoms with E-state index in [9.17, 15) is 4.79 Å². The predicted octanol–water partition coefficient (Wildman–Crippen LogP) is 4.13. The highest BCUT2D eigenvalue weighted by Gasteiger charge is 2.12. The van der Waals surface area contributed by atoms with Crippen LogP contribution in [0.15, 0.2) is 72.4 Å². The number of amides is 1. The Labute approximate surface area is 191 Å². The first-order valence-electron chi connectivity index (χ1n) is 10.2. The first-order valence-corrected chi connectivity index (χ1v) is 11.1. The molecule has 1 amide bonds. The molecule has 0 unspecified atom stereocenters. The molecule has 164 valence electrons. The molecule has 0 aliphatic heterocycles. The summed E-state index contributed by atoms with van der Waals surface area (Å²) in [4.78, 5) is 18.9. The van der Waals surface area contributed by atoms with Gasteiger partial charge in [-0.1, -0.05) is 30.3 Å². The fraction of sp³-hybridized carbons (Fsp3) is 0.208. The molecule has 7 nitrogen and oxygen atoms in total. The molecule has 32 heavy (non-hydrogen) atoms. The highest BCUT2D eigenvalue weighted by molar-refractivity contribution is 7.14. The molecule has 8 heteroatoms. The van der Waals surface area contributed by atoms with E-state index in [0.29, 0.717) is 11.7 Å². The molecule has 2 heterocycles. The molecule has 0 atom stereocenters. The number of hydrogen-bond donors (Lipinski definition) is 1. The molecular formula is C24H25N5O2S. The molecule has 1 N–H and O–H groups in total. The number of thiazole rings is 1. The van der Waals surface area contributed by atoms with Crippen LogP contribution in [-0.4, -0.2) is 46.3 Å². The van der Waals surface area contributed by atoms with Gasteiger partial charge in [0.1, 0.15) is 5.75 Å². The van der Waals surface area contributed by atoms with Crippen molar-refractivity contribution in [3.63, 3.8) is 0 Å². The van der Waals surface area contributed by atoms with Crippen LogP contribution in [0.5, 0.6) is 5.75 Å². The lowest BCUT2D eigenvalue weighted by molar-refractivity contribution is -0.117. The molecule has 4 aromatic rings. The molecule has 2 aromatic carbocycles. The zero-order valence-corrected chi connectivity index (χ0v) is 18.9. The molecule has 0 aliphatic carbocycles. The average Bonchev–Trinajstić information content (AvgIpc) is 3.44. The largest absolute Gasteiger partial charge is 0.497 e. The maximum Gasteiger partial charge on any atom is 0.240 e. The van der Waals surface area contributed by atoms with Crippen LogP contribution in [0.2, 0.25) is 0 Å². The molecule has 0 saturated carbocycles. The van der Waals surface area contributed by atoms with Crippen molar-refractivity contribution >= 4 is 22.4 Å². The number of nitrogens with one attached hydrogen (secondary N) is 1.